The minimum Gasteiger partial charge on any atom is -0.384 e. The summed E-state index contributed by atoms with van der Waals surface area (Å²) in [6.07, 6.45) is 4.29. The molecule has 1 N–H and O–H groups in total. The Kier molecular flexibility index (Phi) is 3.97. The van der Waals surface area contributed by atoms with Gasteiger partial charge in [-0.1, -0.05) is 30.3 Å². The Morgan fingerprint density at radius 3 is 2.59 bits per heavy atom. The van der Waals surface area contributed by atoms with Gasteiger partial charge in [-0.05, 0) is 38.2 Å². The van der Waals surface area contributed by atoms with E-state index < -0.39 is 0 Å². The van der Waals surface area contributed by atoms with Gasteiger partial charge in [-0.25, -0.2) is 0 Å². The first kappa shape index (κ1) is 11.9. The number of ketones is 1. The third-order valence-corrected chi connectivity index (χ3v) is 3.24. The molecule has 0 bridgehead atoms. The number of allylic oxidation sites excluding steroid dienone is 2. The van der Waals surface area contributed by atoms with Crippen LogP contribution in [0.4, 0.5) is 0 Å². The van der Waals surface area contributed by atoms with Crippen LogP contribution in [0.25, 0.3) is 0 Å². The van der Waals surface area contributed by atoms with Crippen molar-refractivity contribution in [3.8, 4) is 0 Å². The number of Topliss-reactive ketones (excluding diaryl/α,β-unsaturated/α-hetero) is 1. The second kappa shape index (κ2) is 5.67. The molecule has 0 spiro atoms. The summed E-state index contributed by atoms with van der Waals surface area (Å²) in [7, 11) is 0. The molecule has 1 aliphatic rings. The highest BCUT2D eigenvalue weighted by atomic mass is 16.1. The normalized spacial score (nSPS) is 15.8. The van der Waals surface area contributed by atoms with Gasteiger partial charge in [0.15, 0.2) is 5.78 Å². The van der Waals surface area contributed by atoms with Crippen LogP contribution in [0.5, 0.6) is 0 Å². The van der Waals surface area contributed by atoms with Crippen molar-refractivity contribution < 1.29 is 4.79 Å². The number of hydrogen-bond acceptors (Lipinski definition) is 2. The molecular formula is C15H19NO. The second-order valence-corrected chi connectivity index (χ2v) is 4.56. The molecule has 0 unspecified atom stereocenters. The number of hydrogen-bond donors (Lipinski definition) is 1. The number of carbonyl (C=O) groups excluding carboxylic acids is 1. The summed E-state index contributed by atoms with van der Waals surface area (Å²) < 4.78 is 0. The highest BCUT2D eigenvalue weighted by molar-refractivity contribution is 5.94. The summed E-state index contributed by atoms with van der Waals surface area (Å²) >= 11 is 0. The lowest BCUT2D eigenvalue weighted by Gasteiger charge is -2.20. The Bertz CT molecular complexity index is 420. The molecule has 1 aliphatic carbocycles. The van der Waals surface area contributed by atoms with E-state index in [2.05, 4.69) is 17.4 Å². The smallest absolute Gasteiger partial charge is 0.157 e. The summed E-state index contributed by atoms with van der Waals surface area (Å²) in [5.74, 6) is 0.222. The van der Waals surface area contributed by atoms with E-state index in [0.717, 1.165) is 37.1 Å². The van der Waals surface area contributed by atoms with Crippen molar-refractivity contribution in [1.82, 2.24) is 5.32 Å². The van der Waals surface area contributed by atoms with Crippen LogP contribution < -0.4 is 5.32 Å². The fourth-order valence-electron chi connectivity index (χ4n) is 2.29. The molecular weight excluding hydrogens is 210 g/mol. The van der Waals surface area contributed by atoms with E-state index >= 15 is 0 Å². The van der Waals surface area contributed by atoms with Crippen LogP contribution >= 0.6 is 0 Å². The van der Waals surface area contributed by atoms with Gasteiger partial charge in [0.25, 0.3) is 0 Å². The lowest BCUT2D eigenvalue weighted by Crippen LogP contribution is -2.20. The molecule has 17 heavy (non-hydrogen) atoms. The van der Waals surface area contributed by atoms with Crippen molar-refractivity contribution in [3.63, 3.8) is 0 Å². The Labute approximate surface area is 103 Å². The van der Waals surface area contributed by atoms with Gasteiger partial charge in [-0.3, -0.25) is 4.79 Å². The second-order valence-electron chi connectivity index (χ2n) is 4.56. The zero-order valence-electron chi connectivity index (χ0n) is 10.3. The third-order valence-electron chi connectivity index (χ3n) is 3.24. The average molecular weight is 229 g/mol. The molecule has 1 aromatic rings. The van der Waals surface area contributed by atoms with Crippen LogP contribution in [0, 0.1) is 0 Å². The molecule has 2 rings (SSSR count). The predicted octanol–water partition coefficient (Wildman–Crippen LogP) is 3.19. The fourth-order valence-corrected chi connectivity index (χ4v) is 2.29. The molecule has 0 saturated heterocycles. The Morgan fingerprint density at radius 2 is 1.88 bits per heavy atom. The Hall–Kier alpha value is -1.57. The van der Waals surface area contributed by atoms with E-state index in [4.69, 9.17) is 0 Å². The van der Waals surface area contributed by atoms with Crippen molar-refractivity contribution in [3.05, 3.63) is 47.2 Å². The molecule has 0 amide bonds. The van der Waals surface area contributed by atoms with Crippen molar-refractivity contribution in [2.24, 2.45) is 0 Å². The van der Waals surface area contributed by atoms with Crippen molar-refractivity contribution >= 4 is 5.78 Å². The Balaban J connectivity index is 2.04. The lowest BCUT2D eigenvalue weighted by atomic mass is 9.93. The number of nitrogens with one attached hydrogen (secondary N) is 1. The maximum Gasteiger partial charge on any atom is 0.157 e. The largest absolute Gasteiger partial charge is 0.384 e. The molecule has 0 atom stereocenters. The fraction of sp³-hybridized carbons (Fsp3) is 0.400. The zero-order chi connectivity index (χ0) is 12.1. The highest BCUT2D eigenvalue weighted by Crippen LogP contribution is 2.23. The summed E-state index contributed by atoms with van der Waals surface area (Å²) in [6, 6.07) is 10.3. The highest BCUT2D eigenvalue weighted by Gasteiger charge is 2.15. The van der Waals surface area contributed by atoms with E-state index in [1.54, 1.807) is 6.92 Å². The third kappa shape index (κ3) is 3.19. The quantitative estimate of drug-likeness (QED) is 0.859. The van der Waals surface area contributed by atoms with E-state index in [1.165, 1.54) is 12.0 Å². The number of carbonyl (C=O) groups is 1. The Morgan fingerprint density at radius 1 is 1.18 bits per heavy atom. The first-order chi connectivity index (χ1) is 8.27. The molecule has 0 fully saturated rings. The molecule has 0 radical (unpaired) electrons. The molecule has 0 aliphatic heterocycles. The standard InChI is InChI=1S/C15H19NO/c1-12(17)14-9-5-6-10-15(14)16-11-13-7-3-2-4-8-13/h2-4,7-8,16H,5-6,9-11H2,1H3. The molecule has 0 saturated carbocycles. The monoisotopic (exact) mass is 229 g/mol. The summed E-state index contributed by atoms with van der Waals surface area (Å²) in [5.41, 5.74) is 3.42. The lowest BCUT2D eigenvalue weighted by molar-refractivity contribution is -0.113. The van der Waals surface area contributed by atoms with Crippen LogP contribution in [-0.2, 0) is 11.3 Å². The summed E-state index contributed by atoms with van der Waals surface area (Å²) in [6.45, 7) is 2.48. The topological polar surface area (TPSA) is 29.1 Å². The van der Waals surface area contributed by atoms with Crippen molar-refractivity contribution in [1.29, 1.82) is 0 Å². The minimum atomic E-state index is 0.222. The predicted molar refractivity (Wildman–Crippen MR) is 69.5 cm³/mol. The van der Waals surface area contributed by atoms with Crippen LogP contribution in [0.2, 0.25) is 0 Å². The van der Waals surface area contributed by atoms with Crippen LogP contribution in [-0.4, -0.2) is 5.78 Å². The number of benzene rings is 1. The van der Waals surface area contributed by atoms with Gasteiger partial charge in [0.05, 0.1) is 0 Å². The zero-order valence-corrected chi connectivity index (χ0v) is 10.3. The number of rotatable bonds is 4. The van der Waals surface area contributed by atoms with E-state index in [9.17, 15) is 4.79 Å². The molecule has 1 aromatic carbocycles. The van der Waals surface area contributed by atoms with Gasteiger partial charge in [0.2, 0.25) is 0 Å². The van der Waals surface area contributed by atoms with Gasteiger partial charge in [-0.2, -0.15) is 0 Å². The van der Waals surface area contributed by atoms with Crippen LogP contribution in [0.15, 0.2) is 41.6 Å². The first-order valence-electron chi connectivity index (χ1n) is 6.28. The van der Waals surface area contributed by atoms with Gasteiger partial charge in [0, 0.05) is 17.8 Å². The summed E-state index contributed by atoms with van der Waals surface area (Å²) in [4.78, 5) is 11.5. The minimum absolute atomic E-state index is 0.222. The van der Waals surface area contributed by atoms with Gasteiger partial charge in [0.1, 0.15) is 0 Å². The van der Waals surface area contributed by atoms with Crippen LogP contribution in [0.1, 0.15) is 38.2 Å². The van der Waals surface area contributed by atoms with Crippen LogP contribution in [0.3, 0.4) is 0 Å². The molecule has 0 aromatic heterocycles. The van der Waals surface area contributed by atoms with E-state index in [0.29, 0.717) is 0 Å². The van der Waals surface area contributed by atoms with Gasteiger partial charge in [-0.15, -0.1) is 0 Å². The van der Waals surface area contributed by atoms with Crippen molar-refractivity contribution in [2.75, 3.05) is 0 Å². The van der Waals surface area contributed by atoms with Gasteiger partial charge < -0.3 is 5.32 Å². The maximum atomic E-state index is 11.5. The average Bonchev–Trinajstić information content (AvgIpc) is 2.38. The molecule has 90 valence electrons. The van der Waals surface area contributed by atoms with E-state index in [-0.39, 0.29) is 5.78 Å². The SMILES string of the molecule is CC(=O)C1=C(NCc2ccccc2)CCCC1. The van der Waals surface area contributed by atoms with Gasteiger partial charge >= 0.3 is 0 Å². The molecule has 2 heteroatoms. The maximum absolute atomic E-state index is 11.5. The first-order valence-corrected chi connectivity index (χ1v) is 6.28. The summed E-state index contributed by atoms with van der Waals surface area (Å²) in [5, 5.41) is 3.43. The molecule has 0 heterocycles. The van der Waals surface area contributed by atoms with Crippen molar-refractivity contribution in [2.45, 2.75) is 39.2 Å². The molecule has 2 nitrogen and oxygen atoms in total. The van der Waals surface area contributed by atoms with E-state index in [1.807, 2.05) is 18.2 Å².